The predicted molar refractivity (Wildman–Crippen MR) is 89.1 cm³/mol. The second-order valence-corrected chi connectivity index (χ2v) is 5.60. The van der Waals surface area contributed by atoms with Crippen LogP contribution >= 0.6 is 23.2 Å². The molecule has 0 aromatic heterocycles. The Labute approximate surface area is 142 Å². The Morgan fingerprint density at radius 1 is 1.17 bits per heavy atom. The Morgan fingerprint density at radius 3 is 2.43 bits per heavy atom. The highest BCUT2D eigenvalue weighted by Crippen LogP contribution is 2.32. The smallest absolute Gasteiger partial charge is 0.335 e. The number of hydrogen-bond acceptors (Lipinski definition) is 3. The number of anilines is 1. The van der Waals surface area contributed by atoms with E-state index in [4.69, 9.17) is 33.0 Å². The molecule has 0 aliphatic carbocycles. The second kappa shape index (κ2) is 6.89. The lowest BCUT2D eigenvalue weighted by Gasteiger charge is -2.13. The first-order chi connectivity index (χ1) is 10.8. The fourth-order valence-corrected chi connectivity index (χ4v) is 2.63. The highest BCUT2D eigenvalue weighted by Gasteiger charge is 2.18. The number of carboxylic acids is 1. The topological polar surface area (TPSA) is 75.6 Å². The third-order valence-electron chi connectivity index (χ3n) is 3.18. The molecule has 7 heteroatoms. The second-order valence-electron chi connectivity index (χ2n) is 4.76. The molecule has 0 unspecified atom stereocenters. The fraction of sp³-hybridized carbons (Fsp3) is 0.125. The number of rotatable bonds is 4. The van der Waals surface area contributed by atoms with Gasteiger partial charge in [-0.1, -0.05) is 23.2 Å². The maximum atomic E-state index is 12.4. The Balaban J connectivity index is 2.35. The fourth-order valence-electron chi connectivity index (χ4n) is 2.06. The van der Waals surface area contributed by atoms with Gasteiger partial charge in [-0.15, -0.1) is 0 Å². The number of carbonyl (C=O) groups excluding carboxylic acids is 1. The Morgan fingerprint density at radius 2 is 1.87 bits per heavy atom. The van der Waals surface area contributed by atoms with Crippen LogP contribution in [0.3, 0.4) is 0 Å². The van der Waals surface area contributed by atoms with E-state index < -0.39 is 11.9 Å². The van der Waals surface area contributed by atoms with E-state index in [0.29, 0.717) is 16.3 Å². The van der Waals surface area contributed by atoms with Gasteiger partial charge in [-0.25, -0.2) is 4.79 Å². The summed E-state index contributed by atoms with van der Waals surface area (Å²) in [4.78, 5) is 23.4. The van der Waals surface area contributed by atoms with Crippen molar-refractivity contribution in [2.24, 2.45) is 0 Å². The van der Waals surface area contributed by atoms with Crippen molar-refractivity contribution in [3.8, 4) is 5.75 Å². The summed E-state index contributed by atoms with van der Waals surface area (Å²) in [6.07, 6.45) is 0. The highest BCUT2D eigenvalue weighted by atomic mass is 35.5. The number of halogens is 2. The van der Waals surface area contributed by atoms with Gasteiger partial charge < -0.3 is 15.2 Å². The number of carbonyl (C=O) groups is 2. The molecule has 0 heterocycles. The van der Waals surface area contributed by atoms with E-state index in [1.54, 1.807) is 6.92 Å². The molecule has 23 heavy (non-hydrogen) atoms. The largest absolute Gasteiger partial charge is 0.494 e. The number of hydrogen-bond donors (Lipinski definition) is 2. The summed E-state index contributed by atoms with van der Waals surface area (Å²) in [6.45, 7) is 1.70. The van der Waals surface area contributed by atoms with Gasteiger partial charge in [0.15, 0.2) is 0 Å². The zero-order valence-corrected chi connectivity index (χ0v) is 13.8. The van der Waals surface area contributed by atoms with Crippen LogP contribution in [0.25, 0.3) is 0 Å². The minimum atomic E-state index is -1.03. The Kier molecular flexibility index (Phi) is 5.13. The molecule has 1 amide bonds. The first-order valence-corrected chi connectivity index (χ1v) is 7.27. The van der Waals surface area contributed by atoms with Gasteiger partial charge in [0.05, 0.1) is 23.3 Å². The Bertz CT molecular complexity index is 790. The molecule has 0 atom stereocenters. The summed E-state index contributed by atoms with van der Waals surface area (Å²) in [5.74, 6) is -1.28. The van der Waals surface area contributed by atoms with E-state index >= 15 is 0 Å². The standard InChI is InChI=1S/C16H13Cl2NO4/c1-8-5-9(16(21)22)3-4-13(8)19-15(20)11-6-10(17)7-12(18)14(11)23-2/h3-7H,1-2H3,(H,19,20)(H,21,22). The van der Waals surface area contributed by atoms with Crippen molar-refractivity contribution < 1.29 is 19.4 Å². The van der Waals surface area contributed by atoms with Crippen LogP contribution in [-0.2, 0) is 0 Å². The van der Waals surface area contributed by atoms with Crippen molar-refractivity contribution in [3.05, 3.63) is 57.1 Å². The van der Waals surface area contributed by atoms with Gasteiger partial charge in [-0.2, -0.15) is 0 Å². The van der Waals surface area contributed by atoms with Crippen LogP contribution in [-0.4, -0.2) is 24.1 Å². The van der Waals surface area contributed by atoms with E-state index in [9.17, 15) is 9.59 Å². The molecule has 2 aromatic carbocycles. The maximum absolute atomic E-state index is 12.4. The van der Waals surface area contributed by atoms with Gasteiger partial charge in [0, 0.05) is 10.7 Å². The van der Waals surface area contributed by atoms with Crippen LogP contribution in [0.2, 0.25) is 10.0 Å². The SMILES string of the molecule is COc1c(Cl)cc(Cl)cc1C(=O)Nc1ccc(C(=O)O)cc1C. The van der Waals surface area contributed by atoms with E-state index in [2.05, 4.69) is 5.32 Å². The van der Waals surface area contributed by atoms with Crippen LogP contribution < -0.4 is 10.1 Å². The molecular weight excluding hydrogens is 341 g/mol. The number of nitrogens with one attached hydrogen (secondary N) is 1. The number of carboxylic acid groups (broad SMARTS) is 1. The molecular formula is C16H13Cl2NO4. The van der Waals surface area contributed by atoms with Crippen LogP contribution in [0.15, 0.2) is 30.3 Å². The van der Waals surface area contributed by atoms with Crippen molar-refractivity contribution in [1.82, 2.24) is 0 Å². The van der Waals surface area contributed by atoms with Crippen molar-refractivity contribution in [2.45, 2.75) is 6.92 Å². The third-order valence-corrected chi connectivity index (χ3v) is 3.68. The predicted octanol–water partition coefficient (Wildman–Crippen LogP) is 4.26. The molecule has 5 nitrogen and oxygen atoms in total. The molecule has 0 bridgehead atoms. The number of benzene rings is 2. The summed E-state index contributed by atoms with van der Waals surface area (Å²) in [5, 5.41) is 12.2. The van der Waals surface area contributed by atoms with Gasteiger partial charge in [0.25, 0.3) is 5.91 Å². The number of ether oxygens (including phenoxy) is 1. The molecule has 0 radical (unpaired) electrons. The summed E-state index contributed by atoms with van der Waals surface area (Å²) in [7, 11) is 1.40. The third kappa shape index (κ3) is 3.75. The molecule has 0 aliphatic rings. The molecule has 0 spiro atoms. The first-order valence-electron chi connectivity index (χ1n) is 6.51. The molecule has 0 saturated carbocycles. The van der Waals surface area contributed by atoms with Crippen LogP contribution in [0, 0.1) is 6.92 Å². The van der Waals surface area contributed by atoms with E-state index in [-0.39, 0.29) is 21.9 Å². The number of aromatic carboxylic acids is 1. The molecule has 0 aliphatic heterocycles. The van der Waals surface area contributed by atoms with Crippen molar-refractivity contribution in [2.75, 3.05) is 12.4 Å². The summed E-state index contributed by atoms with van der Waals surface area (Å²) >= 11 is 11.9. The van der Waals surface area contributed by atoms with Crippen LogP contribution in [0.5, 0.6) is 5.75 Å². The summed E-state index contributed by atoms with van der Waals surface area (Å²) in [6, 6.07) is 7.33. The summed E-state index contributed by atoms with van der Waals surface area (Å²) in [5.41, 5.74) is 1.43. The molecule has 0 fully saturated rings. The first kappa shape index (κ1) is 17.1. The average Bonchev–Trinajstić information content (AvgIpc) is 2.48. The maximum Gasteiger partial charge on any atom is 0.335 e. The molecule has 0 saturated heterocycles. The monoisotopic (exact) mass is 353 g/mol. The highest BCUT2D eigenvalue weighted by molar-refractivity contribution is 6.36. The van der Waals surface area contributed by atoms with Crippen LogP contribution in [0.1, 0.15) is 26.3 Å². The van der Waals surface area contributed by atoms with Gasteiger partial charge in [-0.05, 0) is 42.8 Å². The van der Waals surface area contributed by atoms with Gasteiger partial charge in [0.2, 0.25) is 0 Å². The van der Waals surface area contributed by atoms with Gasteiger partial charge >= 0.3 is 5.97 Å². The van der Waals surface area contributed by atoms with E-state index in [1.165, 1.54) is 37.4 Å². The molecule has 2 aromatic rings. The molecule has 2 N–H and O–H groups in total. The van der Waals surface area contributed by atoms with Gasteiger partial charge in [0.1, 0.15) is 5.75 Å². The van der Waals surface area contributed by atoms with Crippen molar-refractivity contribution >= 4 is 40.8 Å². The lowest BCUT2D eigenvalue weighted by atomic mass is 10.1. The van der Waals surface area contributed by atoms with Crippen molar-refractivity contribution in [1.29, 1.82) is 0 Å². The number of aryl methyl sites for hydroxylation is 1. The summed E-state index contributed by atoms with van der Waals surface area (Å²) < 4.78 is 5.14. The van der Waals surface area contributed by atoms with E-state index in [1.807, 2.05) is 0 Å². The molecule has 2 rings (SSSR count). The molecule has 120 valence electrons. The zero-order valence-electron chi connectivity index (χ0n) is 12.3. The van der Waals surface area contributed by atoms with Crippen LogP contribution in [0.4, 0.5) is 5.69 Å². The Hall–Kier alpha value is -2.24. The lowest BCUT2D eigenvalue weighted by molar-refractivity contribution is 0.0696. The normalized spacial score (nSPS) is 10.3. The minimum Gasteiger partial charge on any atom is -0.494 e. The minimum absolute atomic E-state index is 0.142. The number of methoxy groups -OCH3 is 1. The zero-order chi connectivity index (χ0) is 17.1. The lowest BCUT2D eigenvalue weighted by Crippen LogP contribution is -2.14. The van der Waals surface area contributed by atoms with Gasteiger partial charge in [-0.3, -0.25) is 4.79 Å². The number of amides is 1. The van der Waals surface area contributed by atoms with E-state index in [0.717, 1.165) is 0 Å². The average molecular weight is 354 g/mol. The van der Waals surface area contributed by atoms with Crippen molar-refractivity contribution in [3.63, 3.8) is 0 Å². The quantitative estimate of drug-likeness (QED) is 0.860.